The summed E-state index contributed by atoms with van der Waals surface area (Å²) >= 11 is 0. The summed E-state index contributed by atoms with van der Waals surface area (Å²) < 4.78 is 11.3. The molecule has 0 saturated heterocycles. The zero-order chi connectivity index (χ0) is 12.1. The van der Waals surface area contributed by atoms with Gasteiger partial charge >= 0.3 is 0 Å². The quantitative estimate of drug-likeness (QED) is 0.712. The fraction of sp³-hybridized carbons (Fsp3) is 1.00. The minimum atomic E-state index is -0.488. The van der Waals surface area contributed by atoms with Crippen molar-refractivity contribution >= 4 is 0 Å². The molecule has 1 N–H and O–H groups in total. The molecule has 3 heteroatoms. The maximum Gasteiger partial charge on any atom is 0.0859 e. The Morgan fingerprint density at radius 3 is 1.93 bits per heavy atom. The molecule has 0 aliphatic rings. The van der Waals surface area contributed by atoms with Crippen LogP contribution in [0.3, 0.4) is 0 Å². The van der Waals surface area contributed by atoms with Gasteiger partial charge in [-0.05, 0) is 33.6 Å². The minimum Gasteiger partial charge on any atom is -0.393 e. The van der Waals surface area contributed by atoms with E-state index in [4.69, 9.17) is 14.6 Å². The molecular weight excluding hydrogens is 192 g/mol. The number of aliphatic hydroxyl groups excluding tert-OH is 1. The molecule has 0 amide bonds. The summed E-state index contributed by atoms with van der Waals surface area (Å²) in [6.07, 6.45) is 0. The van der Waals surface area contributed by atoms with Gasteiger partial charge < -0.3 is 14.6 Å². The molecule has 0 aliphatic carbocycles. The Morgan fingerprint density at radius 2 is 1.53 bits per heavy atom. The van der Waals surface area contributed by atoms with Gasteiger partial charge in [-0.1, -0.05) is 13.8 Å². The van der Waals surface area contributed by atoms with Crippen LogP contribution >= 0.6 is 0 Å². The predicted molar refractivity (Wildman–Crippen MR) is 62.0 cm³/mol. The minimum absolute atomic E-state index is 0.0211. The normalized spacial score (nSPS) is 13.6. The van der Waals surface area contributed by atoms with Crippen LogP contribution in [-0.4, -0.2) is 36.1 Å². The lowest BCUT2D eigenvalue weighted by Crippen LogP contribution is -2.39. The molecule has 0 aliphatic heterocycles. The van der Waals surface area contributed by atoms with Crippen molar-refractivity contribution in [1.29, 1.82) is 0 Å². The highest BCUT2D eigenvalue weighted by Gasteiger charge is 2.25. The molecule has 0 fully saturated rings. The van der Waals surface area contributed by atoms with Crippen LogP contribution in [0.1, 0.15) is 41.5 Å². The number of hydrogen-bond acceptors (Lipinski definition) is 3. The van der Waals surface area contributed by atoms with Gasteiger partial charge in [0.1, 0.15) is 0 Å². The van der Waals surface area contributed by atoms with Gasteiger partial charge in [-0.25, -0.2) is 0 Å². The summed E-state index contributed by atoms with van der Waals surface area (Å²) in [5.41, 5.74) is -0.783. The van der Waals surface area contributed by atoms with Gasteiger partial charge in [-0.15, -0.1) is 0 Å². The first-order valence-electron chi connectivity index (χ1n) is 5.57. The maximum absolute atomic E-state index is 9.04. The maximum atomic E-state index is 9.04. The van der Waals surface area contributed by atoms with Gasteiger partial charge in [0.2, 0.25) is 0 Å². The van der Waals surface area contributed by atoms with Crippen LogP contribution in [0.2, 0.25) is 0 Å². The predicted octanol–water partition coefficient (Wildman–Crippen LogP) is 2.23. The van der Waals surface area contributed by atoms with Crippen LogP contribution in [0.25, 0.3) is 0 Å². The lowest BCUT2D eigenvalue weighted by Gasteiger charge is -2.31. The molecule has 0 aromatic rings. The fourth-order valence-corrected chi connectivity index (χ4v) is 0.849. The summed E-state index contributed by atoms with van der Waals surface area (Å²) in [7, 11) is 0. The Labute approximate surface area is 93.8 Å². The third-order valence-corrected chi connectivity index (χ3v) is 2.00. The van der Waals surface area contributed by atoms with Crippen molar-refractivity contribution in [2.75, 3.05) is 19.8 Å². The van der Waals surface area contributed by atoms with Gasteiger partial charge in [-0.2, -0.15) is 0 Å². The molecular formula is C12H26O3. The van der Waals surface area contributed by atoms with Crippen molar-refractivity contribution in [2.45, 2.75) is 52.7 Å². The first-order valence-corrected chi connectivity index (χ1v) is 5.57. The lowest BCUT2D eigenvalue weighted by atomic mass is 10.1. The SMILES string of the molecule is CC(C)COC(C)(C)COC(C)(C)CO. The lowest BCUT2D eigenvalue weighted by molar-refractivity contribution is -0.135. The molecule has 0 rings (SSSR count). The summed E-state index contributed by atoms with van der Waals surface area (Å²) in [5, 5.41) is 9.04. The Morgan fingerprint density at radius 1 is 1.00 bits per heavy atom. The average Bonchev–Trinajstić information content (AvgIpc) is 2.13. The van der Waals surface area contributed by atoms with Crippen LogP contribution in [0, 0.1) is 5.92 Å². The second-order valence-corrected chi connectivity index (χ2v) is 5.67. The van der Waals surface area contributed by atoms with E-state index in [0.717, 1.165) is 6.61 Å². The second-order valence-electron chi connectivity index (χ2n) is 5.67. The molecule has 0 atom stereocenters. The van der Waals surface area contributed by atoms with E-state index < -0.39 is 5.60 Å². The van der Waals surface area contributed by atoms with Gasteiger partial charge in [0.15, 0.2) is 0 Å². The van der Waals surface area contributed by atoms with E-state index in [9.17, 15) is 0 Å². The highest BCUT2D eigenvalue weighted by molar-refractivity contribution is 4.73. The third kappa shape index (κ3) is 7.77. The Bertz CT molecular complexity index is 174. The van der Waals surface area contributed by atoms with E-state index in [2.05, 4.69) is 13.8 Å². The molecule has 15 heavy (non-hydrogen) atoms. The van der Waals surface area contributed by atoms with Gasteiger partial charge in [0.25, 0.3) is 0 Å². The van der Waals surface area contributed by atoms with Crippen molar-refractivity contribution in [2.24, 2.45) is 5.92 Å². The standard InChI is InChI=1S/C12H26O3/c1-10(2)7-14-12(5,6)9-15-11(3,4)8-13/h10,13H,7-9H2,1-6H3. The molecule has 0 bridgehead atoms. The van der Waals surface area contributed by atoms with Crippen molar-refractivity contribution in [3.05, 3.63) is 0 Å². The average molecular weight is 218 g/mol. The zero-order valence-electron chi connectivity index (χ0n) is 11.0. The highest BCUT2D eigenvalue weighted by Crippen LogP contribution is 2.16. The van der Waals surface area contributed by atoms with E-state index in [1.807, 2.05) is 27.7 Å². The second kappa shape index (κ2) is 5.83. The Hall–Kier alpha value is -0.120. The molecule has 0 saturated carbocycles. The molecule has 0 spiro atoms. The van der Waals surface area contributed by atoms with Gasteiger partial charge in [0.05, 0.1) is 24.4 Å². The first-order chi connectivity index (χ1) is 6.68. The van der Waals surface area contributed by atoms with Crippen molar-refractivity contribution in [3.8, 4) is 0 Å². The zero-order valence-corrected chi connectivity index (χ0v) is 11.0. The van der Waals surface area contributed by atoms with Crippen molar-refractivity contribution in [3.63, 3.8) is 0 Å². The molecule has 92 valence electrons. The number of hydrogen-bond donors (Lipinski definition) is 1. The largest absolute Gasteiger partial charge is 0.393 e. The molecule has 0 radical (unpaired) electrons. The van der Waals surface area contributed by atoms with E-state index in [1.165, 1.54) is 0 Å². The van der Waals surface area contributed by atoms with Gasteiger partial charge in [-0.3, -0.25) is 0 Å². The summed E-state index contributed by atoms with van der Waals surface area (Å²) in [6, 6.07) is 0. The third-order valence-electron chi connectivity index (χ3n) is 2.00. The van der Waals surface area contributed by atoms with Crippen LogP contribution in [-0.2, 0) is 9.47 Å². The fourth-order valence-electron chi connectivity index (χ4n) is 0.849. The monoisotopic (exact) mass is 218 g/mol. The van der Waals surface area contributed by atoms with Gasteiger partial charge in [0, 0.05) is 6.61 Å². The van der Waals surface area contributed by atoms with Crippen molar-refractivity contribution in [1.82, 2.24) is 0 Å². The van der Waals surface area contributed by atoms with E-state index >= 15 is 0 Å². The first kappa shape index (κ1) is 14.9. The van der Waals surface area contributed by atoms with Crippen LogP contribution < -0.4 is 0 Å². The van der Waals surface area contributed by atoms with Crippen LogP contribution in [0.4, 0.5) is 0 Å². The van der Waals surface area contributed by atoms with Crippen LogP contribution in [0.15, 0.2) is 0 Å². The molecule has 3 nitrogen and oxygen atoms in total. The van der Waals surface area contributed by atoms with E-state index in [0.29, 0.717) is 12.5 Å². The topological polar surface area (TPSA) is 38.7 Å². The van der Waals surface area contributed by atoms with Crippen molar-refractivity contribution < 1.29 is 14.6 Å². The summed E-state index contributed by atoms with van der Waals surface area (Å²) in [5.74, 6) is 0.523. The number of ether oxygens (including phenoxy) is 2. The summed E-state index contributed by atoms with van der Waals surface area (Å²) in [6.45, 7) is 13.2. The Kier molecular flexibility index (Phi) is 5.78. The summed E-state index contributed by atoms with van der Waals surface area (Å²) in [4.78, 5) is 0. The Balaban J connectivity index is 3.93. The van der Waals surface area contributed by atoms with Crippen LogP contribution in [0.5, 0.6) is 0 Å². The van der Waals surface area contributed by atoms with E-state index in [1.54, 1.807) is 0 Å². The highest BCUT2D eigenvalue weighted by atomic mass is 16.6. The molecule has 0 unspecified atom stereocenters. The number of aliphatic hydroxyl groups is 1. The molecule has 0 aromatic heterocycles. The number of rotatable bonds is 7. The molecule has 0 heterocycles. The smallest absolute Gasteiger partial charge is 0.0859 e. The molecule has 0 aromatic carbocycles. The van der Waals surface area contributed by atoms with E-state index in [-0.39, 0.29) is 12.2 Å².